The number of rotatable bonds is 6. The zero-order chi connectivity index (χ0) is 22.9. The SMILES string of the molecule is Cl.Cl.NC(=O)c1nnc(N[C@@H]2CCCC[C@@H]2N)nc1Nc1cccc2c1ccn2C1CCOC1=O. The van der Waals surface area contributed by atoms with Crippen molar-refractivity contribution in [2.24, 2.45) is 11.5 Å². The van der Waals surface area contributed by atoms with E-state index in [2.05, 4.69) is 25.8 Å². The molecule has 5 rings (SSSR count). The van der Waals surface area contributed by atoms with Gasteiger partial charge in [0.2, 0.25) is 5.95 Å². The largest absolute Gasteiger partial charge is 0.464 e. The van der Waals surface area contributed by atoms with Crippen LogP contribution in [0.3, 0.4) is 0 Å². The number of benzene rings is 1. The molecule has 0 radical (unpaired) electrons. The third-order valence-corrected chi connectivity index (χ3v) is 6.31. The Kier molecular flexibility index (Phi) is 8.36. The minimum Gasteiger partial charge on any atom is -0.464 e. The fraction of sp³-hybridized carbons (Fsp3) is 0.409. The number of nitrogens with one attached hydrogen (secondary N) is 2. The number of hydrogen-bond acceptors (Lipinski definition) is 9. The molecule has 188 valence electrons. The van der Waals surface area contributed by atoms with Crippen LogP contribution < -0.4 is 22.1 Å². The summed E-state index contributed by atoms with van der Waals surface area (Å²) in [5, 5.41) is 15.3. The predicted molar refractivity (Wildman–Crippen MR) is 137 cm³/mol. The van der Waals surface area contributed by atoms with Gasteiger partial charge in [-0.15, -0.1) is 35.0 Å². The maximum absolute atomic E-state index is 12.1. The van der Waals surface area contributed by atoms with E-state index in [-0.39, 0.29) is 66.4 Å². The Morgan fingerprint density at radius 2 is 1.91 bits per heavy atom. The molecular weight excluding hydrogens is 495 g/mol. The first kappa shape index (κ1) is 26.5. The summed E-state index contributed by atoms with van der Waals surface area (Å²) in [5.74, 6) is -0.497. The number of fused-ring (bicyclic) bond motifs is 1. The van der Waals surface area contributed by atoms with Crippen LogP contribution >= 0.6 is 24.8 Å². The highest BCUT2D eigenvalue weighted by atomic mass is 35.5. The smallest absolute Gasteiger partial charge is 0.329 e. The average molecular weight is 523 g/mol. The Morgan fingerprint density at radius 1 is 1.11 bits per heavy atom. The van der Waals surface area contributed by atoms with Gasteiger partial charge in [0.05, 0.1) is 12.1 Å². The summed E-state index contributed by atoms with van der Waals surface area (Å²) < 4.78 is 7.02. The fourth-order valence-corrected chi connectivity index (χ4v) is 4.58. The number of anilines is 3. The zero-order valence-electron chi connectivity index (χ0n) is 18.8. The highest BCUT2D eigenvalue weighted by molar-refractivity contribution is 5.99. The molecule has 35 heavy (non-hydrogen) atoms. The second-order valence-corrected chi connectivity index (χ2v) is 8.45. The summed E-state index contributed by atoms with van der Waals surface area (Å²) in [6.07, 6.45) is 6.52. The lowest BCUT2D eigenvalue weighted by Gasteiger charge is -2.29. The number of primary amides is 1. The summed E-state index contributed by atoms with van der Waals surface area (Å²) in [6.45, 7) is 0.413. The fourth-order valence-electron chi connectivity index (χ4n) is 4.58. The van der Waals surface area contributed by atoms with E-state index >= 15 is 0 Å². The summed E-state index contributed by atoms with van der Waals surface area (Å²) in [5.41, 5.74) is 13.2. The van der Waals surface area contributed by atoms with Crippen LogP contribution in [0.5, 0.6) is 0 Å². The van der Waals surface area contributed by atoms with Gasteiger partial charge < -0.3 is 31.4 Å². The standard InChI is InChI=1S/C22H26N8O3.2ClH/c23-13-4-1-2-5-15(13)26-22-27-20(18(19(24)31)28-29-22)25-14-6-3-7-16-12(14)8-10-30(16)17-9-11-33-21(17)32;;/h3,6-8,10,13,15,17H,1-2,4-5,9,11,23H2,(H2,24,31)(H2,25,26,27,29);2*1H/t13-,15+,17?;;/m0../s1. The van der Waals surface area contributed by atoms with Crippen LogP contribution in [0, 0.1) is 0 Å². The monoisotopic (exact) mass is 522 g/mol. The average Bonchev–Trinajstić information content (AvgIpc) is 3.41. The minimum atomic E-state index is -0.739. The molecule has 1 aliphatic carbocycles. The van der Waals surface area contributed by atoms with Crippen LogP contribution in [0.1, 0.15) is 48.6 Å². The summed E-state index contributed by atoms with van der Waals surface area (Å²) in [7, 11) is 0. The lowest BCUT2D eigenvalue weighted by molar-refractivity contribution is -0.140. The third-order valence-electron chi connectivity index (χ3n) is 6.31. The maximum Gasteiger partial charge on any atom is 0.329 e. The third kappa shape index (κ3) is 5.26. The molecule has 3 atom stereocenters. The first-order valence-corrected chi connectivity index (χ1v) is 11.1. The Bertz CT molecular complexity index is 1220. The van der Waals surface area contributed by atoms with Gasteiger partial charge in [-0.3, -0.25) is 4.79 Å². The molecule has 11 nitrogen and oxygen atoms in total. The molecule has 2 aromatic heterocycles. The second-order valence-electron chi connectivity index (χ2n) is 8.45. The van der Waals surface area contributed by atoms with Crippen LogP contribution in [0.25, 0.3) is 10.9 Å². The van der Waals surface area contributed by atoms with E-state index in [1.54, 1.807) is 0 Å². The van der Waals surface area contributed by atoms with Gasteiger partial charge in [0, 0.05) is 35.8 Å². The predicted octanol–water partition coefficient (Wildman–Crippen LogP) is 2.68. The van der Waals surface area contributed by atoms with Crippen molar-refractivity contribution in [2.45, 2.75) is 50.2 Å². The number of esters is 1. The topological polar surface area (TPSA) is 163 Å². The second kappa shape index (κ2) is 11.1. The van der Waals surface area contributed by atoms with Crippen molar-refractivity contribution in [3.05, 3.63) is 36.2 Å². The number of halogens is 2. The molecule has 1 amide bonds. The molecular formula is C22H28Cl2N8O3. The van der Waals surface area contributed by atoms with Gasteiger partial charge in [-0.05, 0) is 31.0 Å². The number of nitrogens with zero attached hydrogens (tertiary/aromatic N) is 4. The van der Waals surface area contributed by atoms with E-state index in [9.17, 15) is 9.59 Å². The normalized spacial score (nSPS) is 21.5. The maximum atomic E-state index is 12.1. The summed E-state index contributed by atoms with van der Waals surface area (Å²) >= 11 is 0. The van der Waals surface area contributed by atoms with Gasteiger partial charge in [-0.25, -0.2) is 4.79 Å². The molecule has 13 heteroatoms. The minimum absolute atomic E-state index is 0. The lowest BCUT2D eigenvalue weighted by atomic mass is 9.91. The van der Waals surface area contributed by atoms with Crippen molar-refractivity contribution >= 4 is 65.0 Å². The summed E-state index contributed by atoms with van der Waals surface area (Å²) in [4.78, 5) is 28.6. The van der Waals surface area contributed by atoms with Crippen molar-refractivity contribution in [3.8, 4) is 0 Å². The van der Waals surface area contributed by atoms with Gasteiger partial charge in [-0.2, -0.15) is 4.98 Å². The van der Waals surface area contributed by atoms with Crippen molar-refractivity contribution in [3.63, 3.8) is 0 Å². The van der Waals surface area contributed by atoms with E-state index in [1.165, 1.54) is 0 Å². The lowest BCUT2D eigenvalue weighted by Crippen LogP contribution is -2.43. The number of ether oxygens (including phenoxy) is 1. The number of carbonyl (C=O) groups is 2. The van der Waals surface area contributed by atoms with Crippen LogP contribution in [0.4, 0.5) is 17.5 Å². The van der Waals surface area contributed by atoms with E-state index in [4.69, 9.17) is 16.2 Å². The number of carbonyl (C=O) groups excluding carboxylic acids is 2. The van der Waals surface area contributed by atoms with Crippen LogP contribution in [-0.2, 0) is 9.53 Å². The number of nitrogens with two attached hydrogens (primary N) is 2. The molecule has 1 saturated carbocycles. The molecule has 0 bridgehead atoms. The van der Waals surface area contributed by atoms with Crippen LogP contribution in [0.2, 0.25) is 0 Å². The van der Waals surface area contributed by atoms with E-state index < -0.39 is 5.91 Å². The molecule has 3 heterocycles. The molecule has 0 spiro atoms. The number of aromatic nitrogens is 4. The Balaban J connectivity index is 0.00000171. The molecule has 3 aromatic rings. The van der Waals surface area contributed by atoms with E-state index in [1.807, 2.05) is 35.0 Å². The molecule has 1 aromatic carbocycles. The van der Waals surface area contributed by atoms with Gasteiger partial charge in [0.1, 0.15) is 6.04 Å². The molecule has 1 unspecified atom stereocenters. The Morgan fingerprint density at radius 3 is 2.63 bits per heavy atom. The van der Waals surface area contributed by atoms with Crippen molar-refractivity contribution in [1.82, 2.24) is 19.7 Å². The van der Waals surface area contributed by atoms with Gasteiger partial charge in [0.25, 0.3) is 5.91 Å². The van der Waals surface area contributed by atoms with Gasteiger partial charge >= 0.3 is 5.97 Å². The van der Waals surface area contributed by atoms with Crippen LogP contribution in [-0.4, -0.2) is 50.3 Å². The van der Waals surface area contributed by atoms with Crippen molar-refractivity contribution in [2.75, 3.05) is 17.2 Å². The first-order chi connectivity index (χ1) is 16.0. The Hall–Kier alpha value is -3.15. The number of hydrogen-bond donors (Lipinski definition) is 4. The quantitative estimate of drug-likeness (QED) is 0.356. The molecule has 6 N–H and O–H groups in total. The molecule has 2 fully saturated rings. The number of amides is 1. The van der Waals surface area contributed by atoms with Gasteiger partial charge in [-0.1, -0.05) is 18.9 Å². The van der Waals surface area contributed by atoms with Crippen molar-refractivity contribution < 1.29 is 14.3 Å². The Labute approximate surface area is 214 Å². The van der Waals surface area contributed by atoms with Crippen molar-refractivity contribution in [1.29, 1.82) is 0 Å². The highest BCUT2D eigenvalue weighted by Crippen LogP contribution is 2.32. The van der Waals surface area contributed by atoms with E-state index in [0.29, 0.717) is 18.7 Å². The molecule has 2 aliphatic rings. The van der Waals surface area contributed by atoms with Gasteiger partial charge in [0.15, 0.2) is 11.5 Å². The number of cyclic esters (lactones) is 1. The van der Waals surface area contributed by atoms with Crippen LogP contribution in [0.15, 0.2) is 30.5 Å². The molecule has 1 aliphatic heterocycles. The summed E-state index contributed by atoms with van der Waals surface area (Å²) in [6, 6.07) is 7.24. The zero-order valence-corrected chi connectivity index (χ0v) is 20.5. The van der Waals surface area contributed by atoms with E-state index in [0.717, 1.165) is 36.6 Å². The highest BCUT2D eigenvalue weighted by Gasteiger charge is 2.29. The molecule has 1 saturated heterocycles. The first-order valence-electron chi connectivity index (χ1n) is 11.1.